The molecule has 0 aliphatic heterocycles. The van der Waals surface area contributed by atoms with Crippen molar-refractivity contribution in [3.8, 4) is 16.9 Å². The average molecular weight is 520 g/mol. The lowest BCUT2D eigenvalue weighted by atomic mass is 10.1. The first kappa shape index (κ1) is 25.7. The van der Waals surface area contributed by atoms with E-state index in [9.17, 15) is 4.79 Å². The summed E-state index contributed by atoms with van der Waals surface area (Å²) in [5, 5.41) is 19.4. The highest BCUT2D eigenvalue weighted by Crippen LogP contribution is 2.39. The number of nitrogens with one attached hydrogen (secondary N) is 3. The highest BCUT2D eigenvalue weighted by molar-refractivity contribution is 6.06. The Hall–Kier alpha value is -4.92. The zero-order valence-electron chi connectivity index (χ0n) is 21.5. The molecule has 39 heavy (non-hydrogen) atoms. The molecule has 1 fully saturated rings. The van der Waals surface area contributed by atoms with Crippen molar-refractivity contribution in [3.63, 3.8) is 0 Å². The van der Waals surface area contributed by atoms with Gasteiger partial charge in [-0.2, -0.15) is 0 Å². The number of amidine groups is 1. The number of carbonyl (C=O) groups is 1. The van der Waals surface area contributed by atoms with E-state index in [2.05, 4.69) is 26.3 Å². The van der Waals surface area contributed by atoms with Crippen molar-refractivity contribution in [3.05, 3.63) is 102 Å². The second-order valence-electron chi connectivity index (χ2n) is 9.44. The summed E-state index contributed by atoms with van der Waals surface area (Å²) < 4.78 is 5.75. The van der Waals surface area contributed by atoms with Gasteiger partial charge in [-0.05, 0) is 67.8 Å². The monoisotopic (exact) mass is 519 g/mol. The molecule has 3 heterocycles. The summed E-state index contributed by atoms with van der Waals surface area (Å²) in [6.07, 6.45) is 10.2. The minimum atomic E-state index is -0.356. The van der Waals surface area contributed by atoms with Gasteiger partial charge in [-0.25, -0.2) is 0 Å². The fourth-order valence-electron chi connectivity index (χ4n) is 4.16. The largest absolute Gasteiger partial charge is 0.490 e. The maximum atomic E-state index is 13.0. The van der Waals surface area contributed by atoms with E-state index >= 15 is 0 Å². The van der Waals surface area contributed by atoms with Crippen LogP contribution in [0.4, 0.5) is 5.69 Å². The minimum absolute atomic E-state index is 0.116. The van der Waals surface area contributed by atoms with Gasteiger partial charge in [0.2, 0.25) is 0 Å². The number of aromatic nitrogens is 3. The Morgan fingerprint density at radius 1 is 1.08 bits per heavy atom. The van der Waals surface area contributed by atoms with Crippen LogP contribution in [0.2, 0.25) is 0 Å². The molecule has 196 valence electrons. The van der Waals surface area contributed by atoms with Gasteiger partial charge < -0.3 is 15.0 Å². The summed E-state index contributed by atoms with van der Waals surface area (Å²) in [6, 6.07) is 18.0. The lowest BCUT2D eigenvalue weighted by Gasteiger charge is -2.27. The SMILES string of the molecule is CC(COc1cccnc1)N(C=N)C(=N)c1cccc(NC(=O)c2cc(-c3ccc(C4CC4)nc3)ccn2)c1. The van der Waals surface area contributed by atoms with Crippen LogP contribution in [0.1, 0.15) is 47.4 Å². The Morgan fingerprint density at radius 3 is 2.67 bits per heavy atom. The van der Waals surface area contributed by atoms with Gasteiger partial charge in [-0.15, -0.1) is 0 Å². The van der Waals surface area contributed by atoms with E-state index in [-0.39, 0.29) is 30.1 Å². The van der Waals surface area contributed by atoms with Crippen LogP contribution in [0.5, 0.6) is 5.75 Å². The molecule has 1 amide bonds. The van der Waals surface area contributed by atoms with Crippen LogP contribution >= 0.6 is 0 Å². The van der Waals surface area contributed by atoms with Gasteiger partial charge in [-0.3, -0.25) is 30.6 Å². The molecule has 4 aromatic rings. The molecule has 1 unspecified atom stereocenters. The fourth-order valence-corrected chi connectivity index (χ4v) is 4.16. The number of amides is 1. The maximum absolute atomic E-state index is 13.0. The summed E-state index contributed by atoms with van der Waals surface area (Å²) in [7, 11) is 0. The van der Waals surface area contributed by atoms with Crippen molar-refractivity contribution in [2.24, 2.45) is 0 Å². The van der Waals surface area contributed by atoms with Crippen molar-refractivity contribution < 1.29 is 9.53 Å². The molecule has 3 N–H and O–H groups in total. The quantitative estimate of drug-likeness (QED) is 0.191. The molecular formula is C30H29N7O2. The molecule has 0 bridgehead atoms. The number of nitrogens with zero attached hydrogens (tertiary/aromatic N) is 4. The zero-order chi connectivity index (χ0) is 27.2. The average Bonchev–Trinajstić information content (AvgIpc) is 3.83. The highest BCUT2D eigenvalue weighted by Gasteiger charge is 2.24. The molecule has 9 heteroatoms. The van der Waals surface area contributed by atoms with Gasteiger partial charge in [0.1, 0.15) is 23.9 Å². The van der Waals surface area contributed by atoms with Gasteiger partial charge in [-0.1, -0.05) is 18.2 Å². The van der Waals surface area contributed by atoms with Crippen molar-refractivity contribution >= 4 is 23.8 Å². The number of benzene rings is 1. The van der Waals surface area contributed by atoms with Crippen LogP contribution in [-0.2, 0) is 0 Å². The second-order valence-corrected chi connectivity index (χ2v) is 9.44. The molecule has 9 nitrogen and oxygen atoms in total. The number of anilines is 1. The molecule has 1 aliphatic carbocycles. The molecule has 0 saturated heterocycles. The van der Waals surface area contributed by atoms with E-state index in [1.54, 1.807) is 61.1 Å². The Morgan fingerprint density at radius 2 is 1.95 bits per heavy atom. The lowest BCUT2D eigenvalue weighted by molar-refractivity contribution is 0.102. The van der Waals surface area contributed by atoms with Gasteiger partial charge >= 0.3 is 0 Å². The van der Waals surface area contributed by atoms with E-state index < -0.39 is 0 Å². The number of carbonyl (C=O) groups excluding carboxylic acids is 1. The number of pyridine rings is 3. The molecular weight excluding hydrogens is 490 g/mol. The first-order valence-electron chi connectivity index (χ1n) is 12.8. The van der Waals surface area contributed by atoms with E-state index in [0.717, 1.165) is 23.2 Å². The van der Waals surface area contributed by atoms with Crippen molar-refractivity contribution in [2.75, 3.05) is 11.9 Å². The summed E-state index contributed by atoms with van der Waals surface area (Å²) in [5.74, 6) is 0.968. The van der Waals surface area contributed by atoms with Crippen molar-refractivity contribution in [2.45, 2.75) is 31.7 Å². The second kappa shape index (κ2) is 11.6. The van der Waals surface area contributed by atoms with Crippen molar-refractivity contribution in [1.29, 1.82) is 10.8 Å². The smallest absolute Gasteiger partial charge is 0.274 e. The predicted molar refractivity (Wildman–Crippen MR) is 150 cm³/mol. The molecule has 1 aliphatic rings. The Labute approximate surface area is 226 Å². The van der Waals surface area contributed by atoms with Gasteiger partial charge in [0.05, 0.1) is 18.6 Å². The first-order valence-corrected chi connectivity index (χ1v) is 12.8. The van der Waals surface area contributed by atoms with Crippen molar-refractivity contribution in [1.82, 2.24) is 19.9 Å². The predicted octanol–water partition coefficient (Wildman–Crippen LogP) is 5.37. The van der Waals surface area contributed by atoms with Crippen LogP contribution in [0.3, 0.4) is 0 Å². The van der Waals surface area contributed by atoms with E-state index in [4.69, 9.17) is 15.6 Å². The third-order valence-corrected chi connectivity index (χ3v) is 6.50. The summed E-state index contributed by atoms with van der Waals surface area (Å²) in [5.41, 5.74) is 4.27. The minimum Gasteiger partial charge on any atom is -0.490 e. The van der Waals surface area contributed by atoms with Crippen LogP contribution < -0.4 is 10.1 Å². The van der Waals surface area contributed by atoms with Crippen LogP contribution in [0.15, 0.2) is 85.5 Å². The standard InChI is InChI=1S/C30H29N7O2/c1-20(18-39-26-6-3-12-33-17-26)37(19-31)29(32)23-4-2-5-25(14-23)36-30(38)28-15-22(11-13-34-28)24-9-10-27(35-16-24)21-7-8-21/h2-6,9-17,19-21,31-32H,7-8,18H2,1H3,(H,36,38). The Balaban J connectivity index is 1.25. The normalized spacial score (nSPS) is 13.3. The first-order chi connectivity index (χ1) is 19.0. The van der Waals surface area contributed by atoms with Gasteiger partial charge in [0.25, 0.3) is 5.91 Å². The molecule has 5 rings (SSSR count). The third-order valence-electron chi connectivity index (χ3n) is 6.50. The maximum Gasteiger partial charge on any atom is 0.274 e. The molecule has 0 spiro atoms. The van der Waals surface area contributed by atoms with Gasteiger partial charge in [0, 0.05) is 47.0 Å². The van der Waals surface area contributed by atoms with E-state index in [1.165, 1.54) is 17.7 Å². The summed E-state index contributed by atoms with van der Waals surface area (Å²) in [4.78, 5) is 27.4. The summed E-state index contributed by atoms with van der Waals surface area (Å²) in [6.45, 7) is 2.13. The summed E-state index contributed by atoms with van der Waals surface area (Å²) >= 11 is 0. The number of hydrogen-bond acceptors (Lipinski definition) is 7. The van der Waals surface area contributed by atoms with Crippen LogP contribution in [0, 0.1) is 10.8 Å². The highest BCUT2D eigenvalue weighted by atomic mass is 16.5. The fraction of sp³-hybridized carbons (Fsp3) is 0.200. The van der Waals surface area contributed by atoms with E-state index in [0.29, 0.717) is 22.9 Å². The molecule has 0 radical (unpaired) electrons. The Kier molecular flexibility index (Phi) is 7.68. The number of ether oxygens (including phenoxy) is 1. The van der Waals surface area contributed by atoms with Crippen LogP contribution in [-0.4, -0.2) is 50.6 Å². The topological polar surface area (TPSA) is 128 Å². The number of hydrogen-bond donors (Lipinski definition) is 3. The number of rotatable bonds is 10. The lowest BCUT2D eigenvalue weighted by Crippen LogP contribution is -2.40. The van der Waals surface area contributed by atoms with E-state index in [1.807, 2.05) is 25.3 Å². The molecule has 1 atom stereocenters. The molecule has 1 saturated carbocycles. The third kappa shape index (κ3) is 6.32. The Bertz CT molecular complexity index is 1470. The molecule has 3 aromatic heterocycles. The van der Waals surface area contributed by atoms with Gasteiger partial charge in [0.15, 0.2) is 0 Å². The zero-order valence-corrected chi connectivity index (χ0v) is 21.5. The van der Waals surface area contributed by atoms with Crippen LogP contribution in [0.25, 0.3) is 11.1 Å². The molecule has 1 aromatic carbocycles.